The zero-order chi connectivity index (χ0) is 22.1. The van der Waals surface area contributed by atoms with Crippen LogP contribution in [0.25, 0.3) is 5.57 Å². The molecule has 2 unspecified atom stereocenters. The Bertz CT molecular complexity index is 992. The van der Waals surface area contributed by atoms with Gasteiger partial charge in [0.2, 0.25) is 0 Å². The van der Waals surface area contributed by atoms with Gasteiger partial charge in [0.1, 0.15) is 0 Å². The second kappa shape index (κ2) is 8.71. The van der Waals surface area contributed by atoms with E-state index in [2.05, 4.69) is 43.0 Å². The maximum Gasteiger partial charge on any atom is 0.255 e. The van der Waals surface area contributed by atoms with Crippen LogP contribution in [-0.4, -0.2) is 60.9 Å². The van der Waals surface area contributed by atoms with Crippen molar-refractivity contribution >= 4 is 11.5 Å². The van der Waals surface area contributed by atoms with Crippen molar-refractivity contribution in [2.24, 2.45) is 5.92 Å². The number of carbonyl (C=O) groups is 1. The van der Waals surface area contributed by atoms with Crippen molar-refractivity contribution in [3.8, 4) is 5.75 Å². The summed E-state index contributed by atoms with van der Waals surface area (Å²) < 4.78 is 19.3. The number of rotatable bonds is 4. The van der Waals surface area contributed by atoms with Crippen LogP contribution >= 0.6 is 0 Å². The summed E-state index contributed by atoms with van der Waals surface area (Å²) in [6.07, 6.45) is 11.7. The van der Waals surface area contributed by atoms with Crippen LogP contribution in [0.3, 0.4) is 0 Å². The van der Waals surface area contributed by atoms with Crippen LogP contribution in [0, 0.1) is 11.7 Å². The van der Waals surface area contributed by atoms with Gasteiger partial charge in [0.15, 0.2) is 11.6 Å². The minimum absolute atomic E-state index is 0.0876. The van der Waals surface area contributed by atoms with Gasteiger partial charge in [-0.25, -0.2) is 4.39 Å². The highest BCUT2D eigenvalue weighted by Gasteiger charge is 2.28. The van der Waals surface area contributed by atoms with Crippen LogP contribution < -0.4 is 4.74 Å². The Kier molecular flexibility index (Phi) is 6.01. The second-order valence-electron chi connectivity index (χ2n) is 8.66. The van der Waals surface area contributed by atoms with Crippen LogP contribution in [0.4, 0.5) is 4.39 Å². The average molecular weight is 424 g/mol. The first-order valence-corrected chi connectivity index (χ1v) is 10.8. The lowest BCUT2D eigenvalue weighted by Crippen LogP contribution is -2.33. The van der Waals surface area contributed by atoms with Crippen LogP contribution in [0.1, 0.15) is 25.3 Å². The number of likely N-dealkylation sites (N-methyl/N-ethyl adjacent to an activating group) is 1. The van der Waals surface area contributed by atoms with Gasteiger partial charge in [0, 0.05) is 37.1 Å². The summed E-state index contributed by atoms with van der Waals surface area (Å²) in [6, 6.07) is 5.39. The predicted octanol–water partition coefficient (Wildman–Crippen LogP) is 4.02. The lowest BCUT2D eigenvalue weighted by atomic mass is 9.89. The van der Waals surface area contributed by atoms with Crippen molar-refractivity contribution in [1.29, 1.82) is 0 Å². The van der Waals surface area contributed by atoms with E-state index in [-0.39, 0.29) is 17.6 Å². The molecule has 0 bridgehead atoms. The maximum absolute atomic E-state index is 14.3. The Labute approximate surface area is 183 Å². The SMILES string of the molecule is COc1ccc(C2=CC(=O)N3C=C(N4CCC(N(C)C)C4)C=CC3=CCC2C)cc1F. The summed E-state index contributed by atoms with van der Waals surface area (Å²) in [6.45, 7) is 3.99. The average Bonchev–Trinajstić information content (AvgIpc) is 3.25. The quantitative estimate of drug-likeness (QED) is 0.733. The summed E-state index contributed by atoms with van der Waals surface area (Å²) in [5.41, 5.74) is 3.48. The van der Waals surface area contributed by atoms with Crippen molar-refractivity contribution in [2.75, 3.05) is 34.3 Å². The molecule has 1 saturated heterocycles. The molecule has 1 amide bonds. The number of amides is 1. The van der Waals surface area contributed by atoms with Crippen LogP contribution in [0.5, 0.6) is 5.75 Å². The van der Waals surface area contributed by atoms with Crippen LogP contribution in [0.2, 0.25) is 0 Å². The third-order valence-electron chi connectivity index (χ3n) is 6.44. The number of likely N-dealkylation sites (tertiary alicyclic amines) is 1. The number of methoxy groups -OCH3 is 1. The molecule has 5 nitrogen and oxygen atoms in total. The van der Waals surface area contributed by atoms with Gasteiger partial charge in [-0.3, -0.25) is 9.69 Å². The number of carbonyl (C=O) groups excluding carboxylic acids is 1. The number of hydrogen-bond acceptors (Lipinski definition) is 4. The van der Waals surface area contributed by atoms with Gasteiger partial charge in [-0.1, -0.05) is 19.1 Å². The number of nitrogens with zero attached hydrogens (tertiary/aromatic N) is 3. The van der Waals surface area contributed by atoms with E-state index >= 15 is 0 Å². The molecule has 6 heteroatoms. The first-order chi connectivity index (χ1) is 14.9. The zero-order valence-electron chi connectivity index (χ0n) is 18.6. The second-order valence-corrected chi connectivity index (χ2v) is 8.66. The Morgan fingerprint density at radius 2 is 1.97 bits per heavy atom. The van der Waals surface area contributed by atoms with E-state index in [0.29, 0.717) is 11.6 Å². The molecule has 1 aromatic rings. The first-order valence-electron chi connectivity index (χ1n) is 10.8. The summed E-state index contributed by atoms with van der Waals surface area (Å²) in [5.74, 6) is -0.253. The van der Waals surface area contributed by atoms with Crippen LogP contribution in [0.15, 0.2) is 60.1 Å². The number of allylic oxidation sites excluding steroid dienone is 4. The van der Waals surface area contributed by atoms with Crippen molar-refractivity contribution in [3.63, 3.8) is 0 Å². The molecule has 164 valence electrons. The Morgan fingerprint density at radius 1 is 1.19 bits per heavy atom. The topological polar surface area (TPSA) is 36.0 Å². The maximum atomic E-state index is 14.3. The van der Waals surface area contributed by atoms with E-state index in [9.17, 15) is 9.18 Å². The molecule has 0 spiro atoms. The lowest BCUT2D eigenvalue weighted by Gasteiger charge is -2.30. The van der Waals surface area contributed by atoms with E-state index in [1.54, 1.807) is 17.0 Å². The summed E-state index contributed by atoms with van der Waals surface area (Å²) >= 11 is 0. The normalized spacial score (nSPS) is 23.8. The van der Waals surface area contributed by atoms with Gasteiger partial charge in [-0.15, -0.1) is 0 Å². The summed E-state index contributed by atoms with van der Waals surface area (Å²) in [4.78, 5) is 19.6. The monoisotopic (exact) mass is 423 g/mol. The third kappa shape index (κ3) is 4.30. The largest absolute Gasteiger partial charge is 0.494 e. The van der Waals surface area contributed by atoms with Gasteiger partial charge in [-0.2, -0.15) is 0 Å². The molecule has 3 aliphatic rings. The van der Waals surface area contributed by atoms with Crippen LogP contribution in [-0.2, 0) is 4.79 Å². The molecule has 0 saturated carbocycles. The molecule has 0 radical (unpaired) electrons. The number of hydrogen-bond donors (Lipinski definition) is 0. The molecule has 3 aliphatic heterocycles. The molecule has 1 aromatic carbocycles. The molecule has 1 fully saturated rings. The molecule has 0 aromatic heterocycles. The number of benzene rings is 1. The standard InChI is InChI=1S/C25H30FN3O2/c1-17-5-7-19-8-9-21(28-12-11-20(15-28)27(2)3)16-29(19)25(30)14-22(17)18-6-10-24(31-4)23(26)13-18/h6-10,13-14,16-17,20H,5,11-12,15H2,1-4H3. The van der Waals surface area contributed by atoms with E-state index in [0.717, 1.165) is 42.9 Å². The number of fused-ring (bicyclic) bond motifs is 1. The van der Waals surface area contributed by atoms with Gasteiger partial charge >= 0.3 is 0 Å². The minimum Gasteiger partial charge on any atom is -0.494 e. The lowest BCUT2D eigenvalue weighted by molar-refractivity contribution is -0.122. The molecule has 4 rings (SSSR count). The molecule has 2 atom stereocenters. The first kappa shape index (κ1) is 21.4. The fraction of sp³-hybridized carbons (Fsp3) is 0.400. The molecular weight excluding hydrogens is 393 g/mol. The Hall–Kier alpha value is -2.86. The third-order valence-corrected chi connectivity index (χ3v) is 6.44. The fourth-order valence-corrected chi connectivity index (χ4v) is 4.43. The highest BCUT2D eigenvalue weighted by atomic mass is 19.1. The molecule has 0 aliphatic carbocycles. The van der Waals surface area contributed by atoms with Gasteiger partial charge in [0.05, 0.1) is 12.8 Å². The highest BCUT2D eigenvalue weighted by molar-refractivity contribution is 5.98. The Balaban J connectivity index is 1.62. The van der Waals surface area contributed by atoms with Crippen molar-refractivity contribution < 1.29 is 13.9 Å². The van der Waals surface area contributed by atoms with E-state index in [1.165, 1.54) is 13.2 Å². The van der Waals surface area contributed by atoms with Gasteiger partial charge < -0.3 is 14.5 Å². The summed E-state index contributed by atoms with van der Waals surface area (Å²) in [7, 11) is 5.66. The smallest absolute Gasteiger partial charge is 0.255 e. The van der Waals surface area contributed by atoms with E-state index in [1.807, 2.05) is 18.3 Å². The van der Waals surface area contributed by atoms with Crippen molar-refractivity contribution in [2.45, 2.75) is 25.8 Å². The highest BCUT2D eigenvalue weighted by Crippen LogP contribution is 2.33. The van der Waals surface area contributed by atoms with E-state index in [4.69, 9.17) is 4.74 Å². The Morgan fingerprint density at radius 3 is 2.65 bits per heavy atom. The number of halogens is 1. The van der Waals surface area contributed by atoms with Crippen molar-refractivity contribution in [3.05, 3.63) is 71.5 Å². The number of ether oxygens (including phenoxy) is 1. The molecule has 3 heterocycles. The minimum atomic E-state index is -0.425. The molecule has 0 N–H and O–H groups in total. The summed E-state index contributed by atoms with van der Waals surface area (Å²) in [5, 5.41) is 0. The van der Waals surface area contributed by atoms with Crippen molar-refractivity contribution in [1.82, 2.24) is 14.7 Å². The van der Waals surface area contributed by atoms with Gasteiger partial charge in [-0.05, 0) is 68.3 Å². The van der Waals surface area contributed by atoms with E-state index < -0.39 is 5.82 Å². The molecule has 31 heavy (non-hydrogen) atoms. The van der Waals surface area contributed by atoms with Gasteiger partial charge in [0.25, 0.3) is 5.91 Å². The molecular formula is C25H30FN3O2. The fourth-order valence-electron chi connectivity index (χ4n) is 4.43. The predicted molar refractivity (Wildman–Crippen MR) is 121 cm³/mol. The zero-order valence-corrected chi connectivity index (χ0v) is 18.6.